The molecule has 0 saturated heterocycles. The van der Waals surface area contributed by atoms with Crippen LogP contribution in [0.4, 0.5) is 5.69 Å². The van der Waals surface area contributed by atoms with Gasteiger partial charge in [0, 0.05) is 11.6 Å². The number of hydrogen-bond acceptors (Lipinski definition) is 5. The van der Waals surface area contributed by atoms with Gasteiger partial charge in [-0.3, -0.25) is 14.9 Å². The van der Waals surface area contributed by atoms with Crippen molar-refractivity contribution in [1.82, 2.24) is 5.32 Å². The first-order valence-corrected chi connectivity index (χ1v) is 9.66. The Morgan fingerprint density at radius 2 is 1.68 bits per heavy atom. The summed E-state index contributed by atoms with van der Waals surface area (Å²) in [6.45, 7) is 0. The van der Waals surface area contributed by atoms with E-state index in [1.807, 2.05) is 0 Å². The van der Waals surface area contributed by atoms with E-state index in [4.69, 9.17) is 4.74 Å². The zero-order valence-electron chi connectivity index (χ0n) is 15.8. The van der Waals surface area contributed by atoms with E-state index in [0.29, 0.717) is 10.2 Å². The van der Waals surface area contributed by atoms with Gasteiger partial charge in [-0.05, 0) is 57.9 Å². The normalized spacial score (nSPS) is 10.9. The van der Waals surface area contributed by atoms with E-state index in [-0.39, 0.29) is 22.6 Å². The number of para-hydroxylation sites is 1. The van der Waals surface area contributed by atoms with E-state index in [2.05, 4.69) is 21.2 Å². The summed E-state index contributed by atoms with van der Waals surface area (Å²) in [5.74, 6) is -1.63. The lowest BCUT2D eigenvalue weighted by atomic mass is 10.1. The van der Waals surface area contributed by atoms with Crippen LogP contribution >= 0.6 is 15.9 Å². The van der Waals surface area contributed by atoms with Crippen molar-refractivity contribution in [3.63, 3.8) is 0 Å². The Bertz CT molecular complexity index is 1180. The Labute approximate surface area is 185 Å². The second kappa shape index (κ2) is 9.68. The van der Waals surface area contributed by atoms with Gasteiger partial charge in [0.15, 0.2) is 0 Å². The van der Waals surface area contributed by atoms with E-state index >= 15 is 0 Å². The average molecular weight is 483 g/mol. The first-order valence-electron chi connectivity index (χ1n) is 8.87. The van der Waals surface area contributed by atoms with Gasteiger partial charge in [0.25, 0.3) is 5.91 Å². The molecule has 0 radical (unpaired) electrons. The molecule has 0 spiro atoms. The minimum absolute atomic E-state index is 0.0146. The quantitative estimate of drug-likeness (QED) is 0.277. The number of halogens is 1. The fourth-order valence-corrected chi connectivity index (χ4v) is 2.97. The second-order valence-corrected chi connectivity index (χ2v) is 7.05. The molecule has 0 aliphatic rings. The van der Waals surface area contributed by atoms with Crippen LogP contribution in [-0.4, -0.2) is 21.9 Å². The van der Waals surface area contributed by atoms with E-state index < -0.39 is 22.5 Å². The third-order valence-electron chi connectivity index (χ3n) is 4.06. The summed E-state index contributed by atoms with van der Waals surface area (Å²) >= 11 is 3.31. The molecule has 31 heavy (non-hydrogen) atoms. The summed E-state index contributed by atoms with van der Waals surface area (Å²) in [5, 5.41) is 23.3. The number of nitro benzene ring substituents is 1. The number of carbonyl (C=O) groups excluding carboxylic acids is 1. The molecule has 156 valence electrons. The van der Waals surface area contributed by atoms with Crippen LogP contribution in [0.2, 0.25) is 0 Å². The predicted octanol–water partition coefficient (Wildman–Crippen LogP) is 5.01. The number of ether oxygens (including phenoxy) is 1. The minimum Gasteiger partial charge on any atom is -0.477 e. The Morgan fingerprint density at radius 1 is 1.00 bits per heavy atom. The van der Waals surface area contributed by atoms with Crippen molar-refractivity contribution in [2.24, 2.45) is 0 Å². The third kappa shape index (κ3) is 5.55. The van der Waals surface area contributed by atoms with Crippen molar-refractivity contribution in [3.8, 4) is 11.5 Å². The summed E-state index contributed by atoms with van der Waals surface area (Å²) < 4.78 is 6.25. The van der Waals surface area contributed by atoms with E-state index in [1.54, 1.807) is 42.5 Å². The van der Waals surface area contributed by atoms with Gasteiger partial charge >= 0.3 is 11.7 Å². The molecule has 2 N–H and O–H groups in total. The van der Waals surface area contributed by atoms with Gasteiger partial charge in [0.05, 0.1) is 9.40 Å². The first kappa shape index (κ1) is 21.7. The third-order valence-corrected chi connectivity index (χ3v) is 4.72. The molecule has 3 aromatic rings. The number of benzene rings is 3. The number of hydrogen-bond donors (Lipinski definition) is 2. The van der Waals surface area contributed by atoms with Crippen LogP contribution in [0.25, 0.3) is 6.08 Å². The molecule has 0 fully saturated rings. The van der Waals surface area contributed by atoms with E-state index in [9.17, 15) is 24.8 Å². The van der Waals surface area contributed by atoms with Crippen LogP contribution in [0.1, 0.15) is 15.9 Å². The zero-order chi connectivity index (χ0) is 22.4. The molecule has 3 rings (SSSR count). The molecule has 0 heterocycles. The molecule has 0 bridgehead atoms. The highest BCUT2D eigenvalue weighted by Gasteiger charge is 2.19. The van der Waals surface area contributed by atoms with Crippen molar-refractivity contribution < 1.29 is 24.4 Å². The Hall–Kier alpha value is -3.98. The maximum Gasteiger partial charge on any atom is 0.352 e. The molecule has 1 amide bonds. The van der Waals surface area contributed by atoms with Crippen LogP contribution in [0, 0.1) is 10.1 Å². The topological polar surface area (TPSA) is 119 Å². The van der Waals surface area contributed by atoms with Crippen molar-refractivity contribution in [2.75, 3.05) is 0 Å². The number of aliphatic carboxylic acids is 1. The van der Waals surface area contributed by atoms with Crippen LogP contribution in [-0.2, 0) is 4.79 Å². The van der Waals surface area contributed by atoms with Crippen molar-refractivity contribution in [2.45, 2.75) is 0 Å². The molecule has 0 aliphatic heterocycles. The maximum atomic E-state index is 12.3. The van der Waals surface area contributed by atoms with Crippen molar-refractivity contribution in [1.29, 1.82) is 0 Å². The summed E-state index contributed by atoms with van der Waals surface area (Å²) in [5.41, 5.74) is -0.305. The zero-order valence-corrected chi connectivity index (χ0v) is 17.4. The van der Waals surface area contributed by atoms with E-state index in [0.717, 1.165) is 6.08 Å². The summed E-state index contributed by atoms with van der Waals surface area (Å²) in [7, 11) is 0. The molecule has 9 heteroatoms. The molecular formula is C22H15BrN2O6. The Balaban J connectivity index is 1.91. The lowest BCUT2D eigenvalue weighted by Gasteiger charge is -2.09. The standard InChI is InChI=1S/C22H15BrN2O6/c23-16-8-4-5-9-19(16)31-20-11-10-14(13-18(20)25(29)30)12-17(22(27)28)24-21(26)15-6-2-1-3-7-15/h1-13H,(H,24,26)(H,27,28)/b17-12+. The number of carboxylic acid groups (broad SMARTS) is 1. The monoisotopic (exact) mass is 482 g/mol. The average Bonchev–Trinajstić information content (AvgIpc) is 2.76. The van der Waals surface area contributed by atoms with Crippen molar-refractivity contribution >= 4 is 39.6 Å². The Kier molecular flexibility index (Phi) is 6.78. The van der Waals surface area contributed by atoms with Gasteiger partial charge in [0.2, 0.25) is 5.75 Å². The smallest absolute Gasteiger partial charge is 0.352 e. The van der Waals surface area contributed by atoms with Crippen LogP contribution in [0.3, 0.4) is 0 Å². The highest BCUT2D eigenvalue weighted by Crippen LogP contribution is 2.35. The first-order chi connectivity index (χ1) is 14.8. The SMILES string of the molecule is O=C(O)/C(=C\c1ccc(Oc2ccccc2Br)c([N+](=O)[O-])c1)NC(=O)c1ccccc1. The molecule has 8 nitrogen and oxygen atoms in total. The number of nitrogens with zero attached hydrogens (tertiary/aromatic N) is 1. The van der Waals surface area contributed by atoms with Gasteiger partial charge in [-0.2, -0.15) is 0 Å². The maximum absolute atomic E-state index is 12.3. The molecule has 0 aliphatic carbocycles. The lowest BCUT2D eigenvalue weighted by Crippen LogP contribution is -2.27. The van der Waals surface area contributed by atoms with Crippen LogP contribution in [0.5, 0.6) is 11.5 Å². The van der Waals surface area contributed by atoms with Gasteiger partial charge in [0.1, 0.15) is 11.4 Å². The summed E-state index contributed by atoms with van der Waals surface area (Å²) in [6.07, 6.45) is 1.14. The molecule has 0 saturated carbocycles. The van der Waals surface area contributed by atoms with Crippen LogP contribution < -0.4 is 10.1 Å². The van der Waals surface area contributed by atoms with Crippen LogP contribution in [0.15, 0.2) is 83.0 Å². The van der Waals surface area contributed by atoms with Gasteiger partial charge in [-0.1, -0.05) is 36.4 Å². The highest BCUT2D eigenvalue weighted by molar-refractivity contribution is 9.10. The van der Waals surface area contributed by atoms with Gasteiger partial charge in [-0.15, -0.1) is 0 Å². The Morgan fingerprint density at radius 3 is 2.32 bits per heavy atom. The second-order valence-electron chi connectivity index (χ2n) is 6.20. The number of nitrogens with one attached hydrogen (secondary N) is 1. The number of nitro groups is 1. The molecule has 0 unspecified atom stereocenters. The molecule has 0 atom stereocenters. The van der Waals surface area contributed by atoms with Gasteiger partial charge in [-0.25, -0.2) is 4.79 Å². The fraction of sp³-hybridized carbons (Fsp3) is 0. The van der Waals surface area contributed by atoms with E-state index in [1.165, 1.54) is 30.3 Å². The largest absolute Gasteiger partial charge is 0.477 e. The fourth-order valence-electron chi connectivity index (χ4n) is 2.60. The highest BCUT2D eigenvalue weighted by atomic mass is 79.9. The molecule has 3 aromatic carbocycles. The number of amides is 1. The predicted molar refractivity (Wildman–Crippen MR) is 117 cm³/mol. The van der Waals surface area contributed by atoms with Gasteiger partial charge < -0.3 is 15.2 Å². The molecule has 0 aromatic heterocycles. The number of carbonyl (C=O) groups is 2. The molecular weight excluding hydrogens is 468 g/mol. The summed E-state index contributed by atoms with van der Waals surface area (Å²) in [4.78, 5) is 34.8. The van der Waals surface area contributed by atoms with Crippen molar-refractivity contribution in [3.05, 3.63) is 104 Å². The lowest BCUT2D eigenvalue weighted by molar-refractivity contribution is -0.385. The summed E-state index contributed by atoms with van der Waals surface area (Å²) in [6, 6.07) is 18.9. The number of rotatable bonds is 7. The minimum atomic E-state index is -1.39. The number of carboxylic acids is 1.